The highest BCUT2D eigenvalue weighted by Crippen LogP contribution is 2.17. The van der Waals surface area contributed by atoms with Crippen LogP contribution in [0.1, 0.15) is 17.0 Å². The number of benzene rings is 1. The standard InChI is InChI=1S/C15H19N5O4S/c1-9-5-7-12(8-6-9)16-14(21)15(22)17-19-25(23,24)13-10(2)18-20(4)11(13)3/h5-8,19H,1-4H3,(H,16,21)(H,17,22). The molecule has 0 spiro atoms. The second-order valence-electron chi connectivity index (χ2n) is 5.50. The van der Waals surface area contributed by atoms with Gasteiger partial charge in [0.2, 0.25) is 0 Å². The molecule has 1 heterocycles. The van der Waals surface area contributed by atoms with Gasteiger partial charge in [-0.2, -0.15) is 5.10 Å². The lowest BCUT2D eigenvalue weighted by Gasteiger charge is -2.09. The van der Waals surface area contributed by atoms with E-state index in [4.69, 9.17) is 0 Å². The molecule has 0 bridgehead atoms. The number of hydrogen-bond donors (Lipinski definition) is 3. The molecule has 0 atom stereocenters. The predicted octanol–water partition coefficient (Wildman–Crippen LogP) is 0.294. The quantitative estimate of drug-likeness (QED) is 0.531. The Kier molecular flexibility index (Phi) is 5.24. The van der Waals surface area contributed by atoms with Gasteiger partial charge in [-0.25, -0.2) is 8.42 Å². The Balaban J connectivity index is 2.03. The molecule has 0 saturated carbocycles. The summed E-state index contributed by atoms with van der Waals surface area (Å²) in [5.41, 5.74) is 4.00. The monoisotopic (exact) mass is 365 g/mol. The highest BCUT2D eigenvalue weighted by Gasteiger charge is 2.25. The molecule has 2 aromatic rings. The molecule has 25 heavy (non-hydrogen) atoms. The van der Waals surface area contributed by atoms with Crippen LogP contribution < -0.4 is 15.6 Å². The number of carbonyl (C=O) groups is 2. The molecule has 0 aliphatic rings. The van der Waals surface area contributed by atoms with Crippen LogP contribution in [0.5, 0.6) is 0 Å². The third-order valence-corrected chi connectivity index (χ3v) is 5.03. The summed E-state index contributed by atoms with van der Waals surface area (Å²) in [4.78, 5) is 25.5. The third-order valence-electron chi connectivity index (χ3n) is 3.53. The van der Waals surface area contributed by atoms with Gasteiger partial charge in [0.1, 0.15) is 4.90 Å². The number of nitrogens with zero attached hydrogens (tertiary/aromatic N) is 2. The number of sulfonamides is 1. The van der Waals surface area contributed by atoms with E-state index in [0.717, 1.165) is 5.56 Å². The first-order valence-electron chi connectivity index (χ1n) is 7.32. The molecule has 134 valence electrons. The fraction of sp³-hybridized carbons (Fsp3) is 0.267. The number of amides is 2. The first kappa shape index (κ1) is 18.6. The van der Waals surface area contributed by atoms with Crippen molar-refractivity contribution < 1.29 is 18.0 Å². The van der Waals surface area contributed by atoms with Crippen molar-refractivity contribution in [2.75, 3.05) is 5.32 Å². The van der Waals surface area contributed by atoms with E-state index < -0.39 is 21.8 Å². The molecule has 2 rings (SSSR count). The van der Waals surface area contributed by atoms with E-state index in [1.807, 2.05) is 17.2 Å². The average Bonchev–Trinajstić information content (AvgIpc) is 2.80. The van der Waals surface area contributed by atoms with Crippen molar-refractivity contribution in [3.05, 3.63) is 41.2 Å². The van der Waals surface area contributed by atoms with Gasteiger partial charge in [-0.05, 0) is 32.9 Å². The second-order valence-corrected chi connectivity index (χ2v) is 7.12. The maximum Gasteiger partial charge on any atom is 0.324 e. The summed E-state index contributed by atoms with van der Waals surface area (Å²) in [6, 6.07) is 6.80. The van der Waals surface area contributed by atoms with Crippen molar-refractivity contribution in [3.63, 3.8) is 0 Å². The van der Waals surface area contributed by atoms with Crippen molar-refractivity contribution in [1.29, 1.82) is 0 Å². The largest absolute Gasteiger partial charge is 0.324 e. The topological polar surface area (TPSA) is 122 Å². The van der Waals surface area contributed by atoms with E-state index in [2.05, 4.69) is 10.4 Å². The summed E-state index contributed by atoms with van der Waals surface area (Å²) in [6.07, 6.45) is 0. The van der Waals surface area contributed by atoms with Gasteiger partial charge < -0.3 is 5.32 Å². The molecule has 0 aliphatic heterocycles. The highest BCUT2D eigenvalue weighted by molar-refractivity contribution is 7.89. The molecule has 2 amide bonds. The Labute approximate surface area is 145 Å². The molecule has 0 aliphatic carbocycles. The maximum atomic E-state index is 12.3. The van der Waals surface area contributed by atoms with Gasteiger partial charge in [0.15, 0.2) is 0 Å². The lowest BCUT2D eigenvalue weighted by Crippen LogP contribution is -2.46. The van der Waals surface area contributed by atoms with Crippen LogP contribution in [0.15, 0.2) is 29.2 Å². The molecule has 9 nitrogen and oxygen atoms in total. The van der Waals surface area contributed by atoms with Gasteiger partial charge in [-0.1, -0.05) is 17.7 Å². The van der Waals surface area contributed by atoms with E-state index in [0.29, 0.717) is 11.4 Å². The summed E-state index contributed by atoms with van der Waals surface area (Å²) in [5, 5.41) is 6.38. The van der Waals surface area contributed by atoms with Gasteiger partial charge in [-0.3, -0.25) is 19.7 Å². The fourth-order valence-corrected chi connectivity index (χ4v) is 3.47. The van der Waals surface area contributed by atoms with Crippen LogP contribution in [0.2, 0.25) is 0 Å². The number of nitrogens with one attached hydrogen (secondary N) is 3. The Morgan fingerprint density at radius 1 is 1.04 bits per heavy atom. The van der Waals surface area contributed by atoms with E-state index >= 15 is 0 Å². The number of carbonyl (C=O) groups excluding carboxylic acids is 2. The molecule has 3 N–H and O–H groups in total. The van der Waals surface area contributed by atoms with E-state index in [9.17, 15) is 18.0 Å². The Hall–Kier alpha value is -2.72. The SMILES string of the molecule is Cc1ccc(NC(=O)C(=O)NNS(=O)(=O)c2c(C)nn(C)c2C)cc1. The van der Waals surface area contributed by atoms with Gasteiger partial charge in [0, 0.05) is 12.7 Å². The summed E-state index contributed by atoms with van der Waals surface area (Å²) in [6.45, 7) is 5.00. The summed E-state index contributed by atoms with van der Waals surface area (Å²) in [7, 11) is -2.45. The number of aryl methyl sites for hydroxylation is 3. The molecule has 0 saturated heterocycles. The molecule has 0 radical (unpaired) electrons. The zero-order valence-electron chi connectivity index (χ0n) is 14.2. The predicted molar refractivity (Wildman–Crippen MR) is 91.0 cm³/mol. The van der Waals surface area contributed by atoms with Crippen molar-refractivity contribution in [1.82, 2.24) is 20.0 Å². The van der Waals surface area contributed by atoms with Crippen LogP contribution in [0.3, 0.4) is 0 Å². The van der Waals surface area contributed by atoms with Gasteiger partial charge in [-0.15, -0.1) is 4.83 Å². The lowest BCUT2D eigenvalue weighted by atomic mass is 10.2. The molecule has 10 heteroatoms. The normalized spacial score (nSPS) is 11.2. The van der Waals surface area contributed by atoms with Crippen LogP contribution in [0.25, 0.3) is 0 Å². The fourth-order valence-electron chi connectivity index (χ4n) is 2.19. The van der Waals surface area contributed by atoms with Crippen LogP contribution in [0.4, 0.5) is 5.69 Å². The number of hydrazine groups is 1. The Morgan fingerprint density at radius 3 is 2.16 bits per heavy atom. The first-order valence-corrected chi connectivity index (χ1v) is 8.80. The third kappa shape index (κ3) is 4.22. The van der Waals surface area contributed by atoms with Crippen LogP contribution in [-0.2, 0) is 26.7 Å². The number of rotatable bonds is 4. The minimum absolute atomic E-state index is 0.0470. The minimum atomic E-state index is -4.05. The lowest BCUT2D eigenvalue weighted by molar-refractivity contribution is -0.136. The summed E-state index contributed by atoms with van der Waals surface area (Å²) in [5.74, 6) is -2.13. The van der Waals surface area contributed by atoms with Crippen molar-refractivity contribution in [2.45, 2.75) is 25.7 Å². The van der Waals surface area contributed by atoms with E-state index in [1.54, 1.807) is 38.2 Å². The Morgan fingerprint density at radius 2 is 1.64 bits per heavy atom. The van der Waals surface area contributed by atoms with E-state index in [-0.39, 0.29) is 10.6 Å². The van der Waals surface area contributed by atoms with Crippen LogP contribution >= 0.6 is 0 Å². The zero-order valence-corrected chi connectivity index (χ0v) is 15.1. The van der Waals surface area contributed by atoms with Crippen molar-refractivity contribution >= 4 is 27.5 Å². The molecule has 0 fully saturated rings. The molecule has 1 aromatic carbocycles. The molecule has 0 unspecified atom stereocenters. The van der Waals surface area contributed by atoms with Crippen LogP contribution in [0, 0.1) is 20.8 Å². The van der Waals surface area contributed by atoms with E-state index in [1.165, 1.54) is 11.6 Å². The highest BCUT2D eigenvalue weighted by atomic mass is 32.2. The second kappa shape index (κ2) is 7.03. The number of anilines is 1. The van der Waals surface area contributed by atoms with Gasteiger partial charge in [0.05, 0.1) is 11.4 Å². The zero-order chi connectivity index (χ0) is 18.8. The Bertz CT molecular complexity index is 916. The first-order chi connectivity index (χ1) is 11.6. The van der Waals surface area contributed by atoms with Crippen LogP contribution in [-0.4, -0.2) is 30.0 Å². The molecular weight excluding hydrogens is 346 g/mol. The van der Waals surface area contributed by atoms with Crippen molar-refractivity contribution in [2.24, 2.45) is 7.05 Å². The number of hydrogen-bond acceptors (Lipinski definition) is 5. The molecule has 1 aromatic heterocycles. The summed E-state index contributed by atoms with van der Waals surface area (Å²) >= 11 is 0. The van der Waals surface area contributed by atoms with Gasteiger partial charge in [0.25, 0.3) is 10.0 Å². The smallest absolute Gasteiger partial charge is 0.318 e. The summed E-state index contributed by atoms with van der Waals surface area (Å²) < 4.78 is 26.0. The maximum absolute atomic E-state index is 12.3. The molecular formula is C15H19N5O4S. The minimum Gasteiger partial charge on any atom is -0.318 e. The van der Waals surface area contributed by atoms with Crippen molar-refractivity contribution in [3.8, 4) is 0 Å². The number of aromatic nitrogens is 2. The van der Waals surface area contributed by atoms with Gasteiger partial charge >= 0.3 is 11.8 Å². The average molecular weight is 365 g/mol.